The predicted molar refractivity (Wildman–Crippen MR) is 234 cm³/mol. The van der Waals surface area contributed by atoms with Crippen molar-refractivity contribution in [3.8, 4) is 0 Å². The van der Waals surface area contributed by atoms with Gasteiger partial charge in [-0.2, -0.15) is 0 Å². The normalized spacial score (nSPS) is 22.3. The molecule has 9 heteroatoms. The zero-order valence-electron chi connectivity index (χ0n) is 34.8. The lowest BCUT2D eigenvalue weighted by atomic mass is 9.99. The molecule has 0 saturated carbocycles. The fourth-order valence-corrected chi connectivity index (χ4v) is 5.62. The molecular formula is C48H75NO8. The number of carbonyl (C=O) groups is 1. The number of carbonyl (C=O) groups excluding carboxylic acids is 1. The minimum Gasteiger partial charge on any atom is -0.394 e. The first-order valence-electron chi connectivity index (χ1n) is 21.3. The second kappa shape index (κ2) is 36.9. The zero-order chi connectivity index (χ0) is 41.6. The predicted octanol–water partition coefficient (Wildman–Crippen LogP) is 8.49. The van der Waals surface area contributed by atoms with Crippen molar-refractivity contribution in [3.05, 3.63) is 122 Å². The van der Waals surface area contributed by atoms with Crippen LogP contribution in [0, 0.1) is 0 Å². The molecule has 0 aromatic carbocycles. The highest BCUT2D eigenvalue weighted by atomic mass is 16.7. The highest BCUT2D eigenvalue weighted by Crippen LogP contribution is 2.22. The van der Waals surface area contributed by atoms with Gasteiger partial charge in [0.1, 0.15) is 24.4 Å². The molecule has 0 aliphatic carbocycles. The maximum atomic E-state index is 12.8. The Kier molecular flexibility index (Phi) is 33.4. The Labute approximate surface area is 344 Å². The van der Waals surface area contributed by atoms with Crippen LogP contribution in [0.3, 0.4) is 0 Å². The van der Waals surface area contributed by atoms with Crippen LogP contribution in [0.25, 0.3) is 0 Å². The molecule has 9 nitrogen and oxygen atoms in total. The first-order chi connectivity index (χ1) is 27.8. The van der Waals surface area contributed by atoms with E-state index in [2.05, 4.69) is 129 Å². The lowest BCUT2D eigenvalue weighted by Gasteiger charge is -2.40. The second-order valence-electron chi connectivity index (χ2n) is 14.0. The van der Waals surface area contributed by atoms with E-state index in [-0.39, 0.29) is 18.9 Å². The van der Waals surface area contributed by atoms with Gasteiger partial charge in [0.05, 0.1) is 25.4 Å². The summed E-state index contributed by atoms with van der Waals surface area (Å²) in [5.74, 6) is -0.250. The van der Waals surface area contributed by atoms with Gasteiger partial charge in [0.15, 0.2) is 6.29 Å². The molecule has 57 heavy (non-hydrogen) atoms. The van der Waals surface area contributed by atoms with Gasteiger partial charge in [-0.1, -0.05) is 148 Å². The average molecular weight is 794 g/mol. The fraction of sp³-hybridized carbons (Fsp3) is 0.562. The summed E-state index contributed by atoms with van der Waals surface area (Å²) in [6.07, 6.45) is 48.7. The Hall–Kier alpha value is -3.41. The first kappa shape index (κ1) is 51.6. The van der Waals surface area contributed by atoms with E-state index in [0.29, 0.717) is 6.42 Å². The van der Waals surface area contributed by atoms with E-state index in [9.17, 15) is 30.3 Å². The van der Waals surface area contributed by atoms with Crippen LogP contribution in [0.5, 0.6) is 0 Å². The van der Waals surface area contributed by atoms with E-state index < -0.39 is 49.5 Å². The number of hydrogen-bond acceptors (Lipinski definition) is 8. The molecule has 1 amide bonds. The number of aliphatic hydroxyl groups is 5. The minimum absolute atomic E-state index is 0.223. The van der Waals surface area contributed by atoms with Crippen molar-refractivity contribution in [1.29, 1.82) is 0 Å². The molecule has 1 aliphatic heterocycles. The summed E-state index contributed by atoms with van der Waals surface area (Å²) in [6, 6.07) is -0.840. The highest BCUT2D eigenvalue weighted by Gasteiger charge is 2.44. The van der Waals surface area contributed by atoms with Gasteiger partial charge in [-0.05, 0) is 83.5 Å². The van der Waals surface area contributed by atoms with Crippen molar-refractivity contribution >= 4 is 5.91 Å². The van der Waals surface area contributed by atoms with Crippen LogP contribution in [0.15, 0.2) is 122 Å². The molecule has 1 fully saturated rings. The third kappa shape index (κ3) is 27.8. The molecular weight excluding hydrogens is 719 g/mol. The molecule has 0 aromatic rings. The molecule has 7 unspecified atom stereocenters. The van der Waals surface area contributed by atoms with E-state index in [0.717, 1.165) is 89.9 Å². The number of unbranched alkanes of at least 4 members (excludes halogenated alkanes) is 4. The topological polar surface area (TPSA) is 149 Å². The molecule has 1 heterocycles. The van der Waals surface area contributed by atoms with Crippen LogP contribution in [-0.4, -0.2) is 87.5 Å². The van der Waals surface area contributed by atoms with Gasteiger partial charge in [0.2, 0.25) is 5.91 Å². The lowest BCUT2D eigenvalue weighted by molar-refractivity contribution is -0.302. The summed E-state index contributed by atoms with van der Waals surface area (Å²) in [7, 11) is 0. The Morgan fingerprint density at radius 1 is 0.614 bits per heavy atom. The summed E-state index contributed by atoms with van der Waals surface area (Å²) in [5.41, 5.74) is 0. The second-order valence-corrected chi connectivity index (χ2v) is 14.0. The maximum absolute atomic E-state index is 12.8. The quantitative estimate of drug-likeness (QED) is 0.0294. The Balaban J connectivity index is 2.27. The van der Waals surface area contributed by atoms with Crippen LogP contribution in [0.1, 0.15) is 117 Å². The molecule has 1 aliphatic rings. The van der Waals surface area contributed by atoms with Gasteiger partial charge in [0.25, 0.3) is 0 Å². The molecule has 6 N–H and O–H groups in total. The van der Waals surface area contributed by atoms with E-state index in [4.69, 9.17) is 9.47 Å². The number of aliphatic hydroxyl groups excluding tert-OH is 5. The third-order valence-electron chi connectivity index (χ3n) is 9.04. The molecule has 320 valence electrons. The molecule has 0 aromatic heterocycles. The van der Waals surface area contributed by atoms with Crippen molar-refractivity contribution < 1.29 is 39.8 Å². The van der Waals surface area contributed by atoms with Crippen molar-refractivity contribution in [2.75, 3.05) is 13.2 Å². The minimum atomic E-state index is -1.58. The molecule has 1 rings (SSSR count). The summed E-state index contributed by atoms with van der Waals surface area (Å²) >= 11 is 0. The van der Waals surface area contributed by atoms with Crippen LogP contribution in [0.2, 0.25) is 0 Å². The van der Waals surface area contributed by atoms with E-state index in [1.807, 2.05) is 6.08 Å². The lowest BCUT2D eigenvalue weighted by Crippen LogP contribution is -2.60. The number of allylic oxidation sites excluding steroid dienone is 19. The standard InChI is InChI=1S/C48H75NO8/c1-3-5-7-9-10-11-12-13-14-15-16-17-18-19-20-21-22-23-24-25-26-27-28-29-30-31-32-34-36-38-44(52)49-41(42(51)37-35-33-8-6-4-2)40-56-48-47(55)46(54)45(53)43(39-50)57-48/h5,7,10-11,13-14,16-17,19-20,22-23,25-26,28-29,31-32,35,37,41-43,45-48,50-51,53-55H,3-4,6,8-9,12,15,18,21,24,27,30,33-34,36,38-40H2,1-2H3,(H,49,52)/b7-5-,11-10-,14-13-,17-16-,20-19-,23-22-,26-25-,29-28-,32-31-,37-35+. The number of nitrogens with one attached hydrogen (secondary N) is 1. The molecule has 0 radical (unpaired) electrons. The van der Waals surface area contributed by atoms with Gasteiger partial charge in [-0.3, -0.25) is 4.79 Å². The van der Waals surface area contributed by atoms with Crippen LogP contribution in [0.4, 0.5) is 0 Å². The van der Waals surface area contributed by atoms with Crippen LogP contribution < -0.4 is 5.32 Å². The molecule has 0 spiro atoms. The van der Waals surface area contributed by atoms with Gasteiger partial charge in [0, 0.05) is 6.42 Å². The van der Waals surface area contributed by atoms with Gasteiger partial charge in [-0.15, -0.1) is 0 Å². The van der Waals surface area contributed by atoms with E-state index in [1.165, 1.54) is 0 Å². The smallest absolute Gasteiger partial charge is 0.220 e. The highest BCUT2D eigenvalue weighted by molar-refractivity contribution is 5.76. The molecule has 0 bridgehead atoms. The van der Waals surface area contributed by atoms with Crippen molar-refractivity contribution in [1.82, 2.24) is 5.32 Å². The summed E-state index contributed by atoms with van der Waals surface area (Å²) in [6.45, 7) is 3.46. The molecule has 7 atom stereocenters. The third-order valence-corrected chi connectivity index (χ3v) is 9.04. The number of amides is 1. The van der Waals surface area contributed by atoms with Crippen molar-refractivity contribution in [3.63, 3.8) is 0 Å². The van der Waals surface area contributed by atoms with Crippen LogP contribution in [-0.2, 0) is 14.3 Å². The largest absolute Gasteiger partial charge is 0.394 e. The summed E-state index contributed by atoms with van der Waals surface area (Å²) < 4.78 is 11.1. The van der Waals surface area contributed by atoms with Crippen molar-refractivity contribution in [2.45, 2.75) is 159 Å². The zero-order valence-corrected chi connectivity index (χ0v) is 34.8. The molecule has 1 saturated heterocycles. The average Bonchev–Trinajstić information content (AvgIpc) is 3.21. The number of hydrogen-bond donors (Lipinski definition) is 6. The van der Waals surface area contributed by atoms with Gasteiger partial charge < -0.3 is 40.3 Å². The Bertz CT molecular complexity index is 1290. The van der Waals surface area contributed by atoms with Gasteiger partial charge >= 0.3 is 0 Å². The Morgan fingerprint density at radius 3 is 1.53 bits per heavy atom. The van der Waals surface area contributed by atoms with E-state index in [1.54, 1.807) is 6.08 Å². The fourth-order valence-electron chi connectivity index (χ4n) is 5.62. The van der Waals surface area contributed by atoms with Crippen molar-refractivity contribution in [2.24, 2.45) is 0 Å². The number of ether oxygens (including phenoxy) is 2. The van der Waals surface area contributed by atoms with E-state index >= 15 is 0 Å². The Morgan fingerprint density at radius 2 is 1.07 bits per heavy atom. The number of rotatable bonds is 32. The SMILES string of the molecule is CC/C=C\C/C=C\C/C=C\C/C=C\C/C=C\C/C=C\C/C=C\C/C=C\C/C=C\CCCC(=O)NC(COC1OC(CO)C(O)C(O)C1O)C(O)/C=C/CCCCC. The monoisotopic (exact) mass is 794 g/mol. The maximum Gasteiger partial charge on any atom is 0.220 e. The summed E-state index contributed by atoms with van der Waals surface area (Å²) in [5, 5.41) is 53.5. The van der Waals surface area contributed by atoms with Crippen LogP contribution >= 0.6 is 0 Å². The first-order valence-corrected chi connectivity index (χ1v) is 21.3. The summed E-state index contributed by atoms with van der Waals surface area (Å²) in [4.78, 5) is 12.8. The van der Waals surface area contributed by atoms with Gasteiger partial charge in [-0.25, -0.2) is 0 Å².